The molecule has 2 fully saturated rings. The summed E-state index contributed by atoms with van der Waals surface area (Å²) in [7, 11) is 0. The number of halogens is 1. The molecule has 0 bridgehead atoms. The molecular formula is C23H22BrN3O5. The fourth-order valence-electron chi connectivity index (χ4n) is 4.09. The molecule has 0 spiro atoms. The molecule has 32 heavy (non-hydrogen) atoms. The lowest BCUT2D eigenvalue weighted by Crippen LogP contribution is -2.36. The molecule has 2 aliphatic rings. The summed E-state index contributed by atoms with van der Waals surface area (Å²) in [6, 6.07) is 16.5. The van der Waals surface area contributed by atoms with Crippen molar-refractivity contribution >= 4 is 21.7 Å². The quantitative estimate of drug-likeness (QED) is 0.538. The van der Waals surface area contributed by atoms with Gasteiger partial charge in [-0.2, -0.15) is 0 Å². The summed E-state index contributed by atoms with van der Waals surface area (Å²) in [5.74, 6) is -1.04. The summed E-state index contributed by atoms with van der Waals surface area (Å²) >= 11 is 3.44. The van der Waals surface area contributed by atoms with Crippen LogP contribution in [0, 0.1) is 0 Å². The molecule has 3 aromatic rings. The number of fused-ring (bicyclic) bond motifs is 1. The first-order valence-electron chi connectivity index (χ1n) is 10.3. The van der Waals surface area contributed by atoms with Crippen LogP contribution in [-0.2, 0) is 20.8 Å². The van der Waals surface area contributed by atoms with Crippen LogP contribution < -0.4 is 0 Å². The second-order valence-electron chi connectivity index (χ2n) is 8.30. The highest BCUT2D eigenvalue weighted by Crippen LogP contribution is 2.38. The van der Waals surface area contributed by atoms with Gasteiger partial charge in [-0.25, -0.2) is 4.68 Å². The van der Waals surface area contributed by atoms with Gasteiger partial charge >= 0.3 is 0 Å². The van der Waals surface area contributed by atoms with E-state index in [4.69, 9.17) is 14.2 Å². The second-order valence-corrected chi connectivity index (χ2v) is 9.22. The van der Waals surface area contributed by atoms with Crippen molar-refractivity contribution in [2.45, 2.75) is 50.8 Å². The molecule has 0 saturated carbocycles. The molecule has 2 saturated heterocycles. The summed E-state index contributed by atoms with van der Waals surface area (Å²) in [6.07, 6.45) is -2.77. The maximum absolute atomic E-state index is 13.2. The highest BCUT2D eigenvalue weighted by molar-refractivity contribution is 9.10. The summed E-state index contributed by atoms with van der Waals surface area (Å²) in [5.41, 5.74) is 2.09. The van der Waals surface area contributed by atoms with Gasteiger partial charge in [0, 0.05) is 15.6 Å². The number of aliphatic hydroxyl groups is 1. The van der Waals surface area contributed by atoms with Gasteiger partial charge in [-0.1, -0.05) is 63.6 Å². The molecule has 5 rings (SSSR count). The van der Waals surface area contributed by atoms with Crippen LogP contribution in [0.4, 0.5) is 0 Å². The number of benzene rings is 2. The zero-order valence-electron chi connectivity index (χ0n) is 17.5. The van der Waals surface area contributed by atoms with Crippen LogP contribution in [-0.4, -0.2) is 56.3 Å². The molecule has 9 heteroatoms. The van der Waals surface area contributed by atoms with Crippen LogP contribution in [0.3, 0.4) is 0 Å². The zero-order valence-corrected chi connectivity index (χ0v) is 19.1. The molecule has 0 amide bonds. The molecule has 2 aliphatic heterocycles. The summed E-state index contributed by atoms with van der Waals surface area (Å²) in [4.78, 5) is 13.2. The number of ketones is 1. The number of ether oxygens (including phenoxy) is 3. The Morgan fingerprint density at radius 1 is 1.12 bits per heavy atom. The third kappa shape index (κ3) is 3.91. The van der Waals surface area contributed by atoms with Crippen LogP contribution in [0.15, 0.2) is 59.1 Å². The zero-order chi connectivity index (χ0) is 22.5. The van der Waals surface area contributed by atoms with Crippen molar-refractivity contribution < 1.29 is 24.1 Å². The fraction of sp³-hybridized carbons (Fsp3) is 0.348. The van der Waals surface area contributed by atoms with Gasteiger partial charge in [-0.3, -0.25) is 4.79 Å². The van der Waals surface area contributed by atoms with Gasteiger partial charge in [0.25, 0.3) is 0 Å². The normalized spacial score (nSPS) is 26.2. The second kappa shape index (κ2) is 8.17. The van der Waals surface area contributed by atoms with E-state index in [2.05, 4.69) is 26.2 Å². The number of hydrogen-bond acceptors (Lipinski definition) is 7. The Morgan fingerprint density at radius 3 is 2.53 bits per heavy atom. The lowest BCUT2D eigenvalue weighted by Gasteiger charge is -2.23. The molecule has 166 valence electrons. The standard InChI is InChI=1S/C23H22BrN3O5/c1-23(2)31-21-20(29)16(30-22(21)32-23)12-27-18(13-8-10-15(24)11-9-13)17(25-26-27)19(28)14-6-4-3-5-7-14/h3-11,16,20-22,29H,12H2,1-2H3/t16?,20-,21+,22+/m0/s1. The van der Waals surface area contributed by atoms with Crippen molar-refractivity contribution in [3.63, 3.8) is 0 Å². The number of aromatic nitrogens is 3. The van der Waals surface area contributed by atoms with Gasteiger partial charge in [0.15, 0.2) is 17.8 Å². The smallest absolute Gasteiger partial charge is 0.215 e. The van der Waals surface area contributed by atoms with Crippen LogP contribution in [0.25, 0.3) is 11.3 Å². The molecule has 8 nitrogen and oxygen atoms in total. The third-order valence-electron chi connectivity index (χ3n) is 5.57. The minimum absolute atomic E-state index is 0.182. The molecule has 0 radical (unpaired) electrons. The maximum atomic E-state index is 13.2. The van der Waals surface area contributed by atoms with Crippen molar-refractivity contribution in [1.29, 1.82) is 0 Å². The Hall–Kier alpha value is -2.43. The number of nitrogens with zero attached hydrogens (tertiary/aromatic N) is 3. The Kier molecular flexibility index (Phi) is 5.47. The van der Waals surface area contributed by atoms with E-state index in [0.29, 0.717) is 11.3 Å². The number of hydrogen-bond donors (Lipinski definition) is 1. The van der Waals surface area contributed by atoms with E-state index in [-0.39, 0.29) is 18.0 Å². The average molecular weight is 500 g/mol. The molecule has 0 aliphatic carbocycles. The monoisotopic (exact) mass is 499 g/mol. The van der Waals surface area contributed by atoms with Gasteiger partial charge in [0.05, 0.1) is 6.54 Å². The Morgan fingerprint density at radius 2 is 1.84 bits per heavy atom. The summed E-state index contributed by atoms with van der Waals surface area (Å²) in [6.45, 7) is 3.74. The summed E-state index contributed by atoms with van der Waals surface area (Å²) in [5, 5.41) is 19.2. The van der Waals surface area contributed by atoms with Crippen molar-refractivity contribution in [3.05, 3.63) is 70.3 Å². The minimum atomic E-state index is -0.906. The van der Waals surface area contributed by atoms with E-state index in [1.807, 2.05) is 30.3 Å². The maximum Gasteiger partial charge on any atom is 0.215 e. The van der Waals surface area contributed by atoms with E-state index >= 15 is 0 Å². The first kappa shape index (κ1) is 21.4. The molecule has 1 aromatic heterocycles. The van der Waals surface area contributed by atoms with E-state index in [0.717, 1.165) is 10.0 Å². The first-order chi connectivity index (χ1) is 15.3. The van der Waals surface area contributed by atoms with Crippen LogP contribution in [0.1, 0.15) is 29.9 Å². The number of carbonyl (C=O) groups is 1. The molecule has 1 N–H and O–H groups in total. The topological polar surface area (TPSA) is 95.7 Å². The summed E-state index contributed by atoms with van der Waals surface area (Å²) < 4.78 is 19.9. The predicted molar refractivity (Wildman–Crippen MR) is 118 cm³/mol. The molecule has 1 unspecified atom stereocenters. The molecule has 4 atom stereocenters. The van der Waals surface area contributed by atoms with Crippen molar-refractivity contribution in [2.24, 2.45) is 0 Å². The van der Waals surface area contributed by atoms with Crippen molar-refractivity contribution in [1.82, 2.24) is 15.0 Å². The van der Waals surface area contributed by atoms with Gasteiger partial charge in [0.1, 0.15) is 24.0 Å². The predicted octanol–water partition coefficient (Wildman–Crippen LogP) is 3.18. The van der Waals surface area contributed by atoms with Gasteiger partial charge in [0.2, 0.25) is 5.78 Å². The van der Waals surface area contributed by atoms with Crippen LogP contribution >= 0.6 is 15.9 Å². The Labute approximate surface area is 193 Å². The highest BCUT2D eigenvalue weighted by Gasteiger charge is 2.54. The Bertz CT molecular complexity index is 1130. The van der Waals surface area contributed by atoms with E-state index < -0.39 is 30.4 Å². The van der Waals surface area contributed by atoms with Crippen LogP contribution in [0.5, 0.6) is 0 Å². The molecular weight excluding hydrogens is 478 g/mol. The van der Waals surface area contributed by atoms with Gasteiger partial charge in [-0.15, -0.1) is 5.10 Å². The third-order valence-corrected chi connectivity index (χ3v) is 6.10. The molecule has 3 heterocycles. The lowest BCUT2D eigenvalue weighted by atomic mass is 10.0. The first-order valence-corrected chi connectivity index (χ1v) is 11.1. The highest BCUT2D eigenvalue weighted by atomic mass is 79.9. The van der Waals surface area contributed by atoms with Crippen LogP contribution in [0.2, 0.25) is 0 Å². The fourth-order valence-corrected chi connectivity index (χ4v) is 4.36. The minimum Gasteiger partial charge on any atom is -0.387 e. The van der Waals surface area contributed by atoms with E-state index in [1.54, 1.807) is 42.8 Å². The number of rotatable bonds is 5. The average Bonchev–Trinajstić information content (AvgIpc) is 3.41. The SMILES string of the molecule is CC1(C)O[C@H]2OC(Cn3nnc(C(=O)c4ccccc4)c3-c3ccc(Br)cc3)[C@H](O)[C@H]2O1. The number of aliphatic hydroxyl groups excluding tert-OH is 1. The van der Waals surface area contributed by atoms with Crippen molar-refractivity contribution in [3.8, 4) is 11.3 Å². The lowest BCUT2D eigenvalue weighted by molar-refractivity contribution is -0.216. The Balaban J connectivity index is 1.48. The van der Waals surface area contributed by atoms with E-state index in [9.17, 15) is 9.90 Å². The molecule has 2 aromatic carbocycles. The van der Waals surface area contributed by atoms with E-state index in [1.165, 1.54) is 0 Å². The number of carbonyl (C=O) groups excluding carboxylic acids is 1. The van der Waals surface area contributed by atoms with Gasteiger partial charge in [-0.05, 0) is 26.0 Å². The van der Waals surface area contributed by atoms with Gasteiger partial charge < -0.3 is 19.3 Å². The van der Waals surface area contributed by atoms with Crippen molar-refractivity contribution in [2.75, 3.05) is 0 Å². The largest absolute Gasteiger partial charge is 0.387 e.